The molecule has 1 saturated carbocycles. The number of aromatic nitrogens is 3. The quantitative estimate of drug-likeness (QED) is 0.616. The molecule has 1 amide bonds. The Labute approximate surface area is 191 Å². The van der Waals surface area contributed by atoms with Crippen LogP contribution < -0.4 is 26.0 Å². The predicted octanol–water partition coefficient (Wildman–Crippen LogP) is 2.56. The molecule has 4 rings (SSSR count). The van der Waals surface area contributed by atoms with E-state index in [9.17, 15) is 14.4 Å². The summed E-state index contributed by atoms with van der Waals surface area (Å²) in [4.78, 5) is 42.7. The van der Waals surface area contributed by atoms with Crippen LogP contribution >= 0.6 is 0 Å². The molecule has 0 aliphatic heterocycles. The summed E-state index contributed by atoms with van der Waals surface area (Å²) in [6.07, 6.45) is 4.53. The predicted molar refractivity (Wildman–Crippen MR) is 125 cm³/mol. The summed E-state index contributed by atoms with van der Waals surface area (Å²) in [5, 5.41) is 3.38. The molecule has 0 unspecified atom stereocenters. The van der Waals surface area contributed by atoms with E-state index in [1.165, 1.54) is 16.2 Å². The Bertz CT molecular complexity index is 1290. The third-order valence-corrected chi connectivity index (χ3v) is 6.43. The molecule has 9 nitrogen and oxygen atoms in total. The highest BCUT2D eigenvalue weighted by molar-refractivity contribution is 5.92. The van der Waals surface area contributed by atoms with E-state index in [4.69, 9.17) is 9.47 Å². The number of hydrogen-bond donors (Lipinski definition) is 1. The minimum absolute atomic E-state index is 0.0346. The number of benzene rings is 1. The molecule has 9 heteroatoms. The minimum atomic E-state index is -0.329. The molecule has 3 aromatic rings. The maximum absolute atomic E-state index is 13.1. The van der Waals surface area contributed by atoms with E-state index in [-0.39, 0.29) is 29.0 Å². The molecule has 0 radical (unpaired) electrons. The van der Waals surface area contributed by atoms with Crippen LogP contribution in [-0.2, 0) is 18.4 Å². The number of fused-ring (bicyclic) bond motifs is 1. The summed E-state index contributed by atoms with van der Waals surface area (Å²) in [5.41, 5.74) is 0.591. The molecule has 1 aromatic carbocycles. The number of amides is 1. The Morgan fingerprint density at radius 2 is 1.85 bits per heavy atom. The third kappa shape index (κ3) is 4.62. The largest absolute Gasteiger partial charge is 0.497 e. The third-order valence-electron chi connectivity index (χ3n) is 6.43. The van der Waals surface area contributed by atoms with Crippen molar-refractivity contribution in [1.82, 2.24) is 14.1 Å². The van der Waals surface area contributed by atoms with Crippen LogP contribution in [0.15, 0.2) is 46.1 Å². The van der Waals surface area contributed by atoms with Crippen LogP contribution in [0.25, 0.3) is 10.9 Å². The Morgan fingerprint density at radius 3 is 2.55 bits per heavy atom. The minimum Gasteiger partial charge on any atom is -0.497 e. The number of pyridine rings is 1. The van der Waals surface area contributed by atoms with E-state index in [1.54, 1.807) is 50.7 Å². The monoisotopic (exact) mass is 452 g/mol. The molecular formula is C24H28N4O5. The fourth-order valence-electron chi connectivity index (χ4n) is 4.49. The number of nitrogens with zero attached hydrogens (tertiary/aromatic N) is 3. The van der Waals surface area contributed by atoms with Crippen molar-refractivity contribution in [3.8, 4) is 11.6 Å². The van der Waals surface area contributed by atoms with Gasteiger partial charge in [-0.2, -0.15) is 0 Å². The van der Waals surface area contributed by atoms with Gasteiger partial charge in [0.05, 0.1) is 25.1 Å². The van der Waals surface area contributed by atoms with Gasteiger partial charge in [0, 0.05) is 37.5 Å². The van der Waals surface area contributed by atoms with E-state index in [1.807, 2.05) is 0 Å². The first-order valence-corrected chi connectivity index (χ1v) is 11.0. The molecule has 1 fully saturated rings. The zero-order valence-corrected chi connectivity index (χ0v) is 19.0. The molecular weight excluding hydrogens is 424 g/mol. The van der Waals surface area contributed by atoms with Gasteiger partial charge in [-0.1, -0.05) is 0 Å². The normalized spacial score (nSPS) is 18.2. The summed E-state index contributed by atoms with van der Waals surface area (Å²) in [5.74, 6) is 1.02. The molecule has 0 atom stereocenters. The fraction of sp³-hybridized carbons (Fsp3) is 0.417. The molecule has 2 heterocycles. The van der Waals surface area contributed by atoms with Gasteiger partial charge in [-0.3, -0.25) is 18.7 Å². The van der Waals surface area contributed by atoms with Crippen LogP contribution in [-0.4, -0.2) is 34.2 Å². The zero-order chi connectivity index (χ0) is 23.5. The number of ether oxygens (including phenoxy) is 2. The molecule has 1 aliphatic rings. The standard InChI is InChI=1S/C24H28N4O5/c1-27-20-9-8-18(32-2)13-19(20)23(30)28(24(27)31)14-15-4-6-16(7-5-15)22(29)26-17-10-11-25-21(12-17)33-3/h8-13,15-16H,4-7,14H2,1-3H3,(H,25,26,29)/t15-,16-. The van der Waals surface area contributed by atoms with Gasteiger partial charge in [-0.25, -0.2) is 9.78 Å². The van der Waals surface area contributed by atoms with Crippen molar-refractivity contribution in [2.75, 3.05) is 19.5 Å². The van der Waals surface area contributed by atoms with Crippen LogP contribution in [0.3, 0.4) is 0 Å². The van der Waals surface area contributed by atoms with Crippen molar-refractivity contribution in [3.05, 3.63) is 57.4 Å². The summed E-state index contributed by atoms with van der Waals surface area (Å²) in [6.45, 7) is 0.342. The summed E-state index contributed by atoms with van der Waals surface area (Å²) in [7, 11) is 4.74. The summed E-state index contributed by atoms with van der Waals surface area (Å²) in [6, 6.07) is 8.54. The average molecular weight is 453 g/mol. The maximum Gasteiger partial charge on any atom is 0.331 e. The van der Waals surface area contributed by atoms with Crippen molar-refractivity contribution in [1.29, 1.82) is 0 Å². The van der Waals surface area contributed by atoms with E-state index in [0.717, 1.165) is 12.8 Å². The van der Waals surface area contributed by atoms with Crippen LogP contribution in [0.2, 0.25) is 0 Å². The van der Waals surface area contributed by atoms with Crippen molar-refractivity contribution >= 4 is 22.5 Å². The molecule has 174 valence electrons. The number of nitrogens with one attached hydrogen (secondary N) is 1. The highest BCUT2D eigenvalue weighted by atomic mass is 16.5. The summed E-state index contributed by atoms with van der Waals surface area (Å²) < 4.78 is 13.2. The first-order valence-electron chi connectivity index (χ1n) is 11.0. The number of carbonyl (C=O) groups excluding carboxylic acids is 1. The second-order valence-corrected chi connectivity index (χ2v) is 8.43. The first kappa shape index (κ1) is 22.6. The average Bonchev–Trinajstić information content (AvgIpc) is 2.85. The lowest BCUT2D eigenvalue weighted by atomic mass is 9.81. The molecule has 1 N–H and O–H groups in total. The Kier molecular flexibility index (Phi) is 6.48. The van der Waals surface area contributed by atoms with Gasteiger partial charge < -0.3 is 14.8 Å². The van der Waals surface area contributed by atoms with Gasteiger partial charge in [0.15, 0.2) is 0 Å². The van der Waals surface area contributed by atoms with Crippen molar-refractivity contribution in [2.24, 2.45) is 18.9 Å². The van der Waals surface area contributed by atoms with E-state index in [2.05, 4.69) is 10.3 Å². The molecule has 33 heavy (non-hydrogen) atoms. The first-order chi connectivity index (χ1) is 15.9. The van der Waals surface area contributed by atoms with Crippen molar-refractivity contribution in [2.45, 2.75) is 32.2 Å². The number of carbonyl (C=O) groups is 1. The number of rotatable bonds is 6. The fourth-order valence-corrected chi connectivity index (χ4v) is 4.49. The highest BCUT2D eigenvalue weighted by Gasteiger charge is 2.27. The lowest BCUT2D eigenvalue weighted by molar-refractivity contribution is -0.121. The topological polar surface area (TPSA) is 104 Å². The Hall–Kier alpha value is -3.62. The number of hydrogen-bond acceptors (Lipinski definition) is 6. The number of aryl methyl sites for hydroxylation is 1. The van der Waals surface area contributed by atoms with Crippen molar-refractivity contribution in [3.63, 3.8) is 0 Å². The molecule has 2 aromatic heterocycles. The van der Waals surface area contributed by atoms with Crippen molar-refractivity contribution < 1.29 is 14.3 Å². The molecule has 0 saturated heterocycles. The van der Waals surface area contributed by atoms with Gasteiger partial charge in [-0.15, -0.1) is 0 Å². The van der Waals surface area contributed by atoms with E-state index >= 15 is 0 Å². The lowest BCUT2D eigenvalue weighted by Gasteiger charge is -2.28. The van der Waals surface area contributed by atoms with Gasteiger partial charge in [0.1, 0.15) is 5.75 Å². The summed E-state index contributed by atoms with van der Waals surface area (Å²) >= 11 is 0. The van der Waals surface area contributed by atoms with E-state index in [0.29, 0.717) is 47.6 Å². The SMILES string of the molecule is COc1ccc2c(c1)c(=O)n(C[C@H]1CC[C@H](C(=O)Nc3ccnc(OC)c3)CC1)c(=O)n2C. The van der Waals surface area contributed by atoms with Crippen LogP contribution in [0.5, 0.6) is 11.6 Å². The zero-order valence-electron chi connectivity index (χ0n) is 19.0. The molecule has 1 aliphatic carbocycles. The second-order valence-electron chi connectivity index (χ2n) is 8.43. The van der Waals surface area contributed by atoms with Gasteiger partial charge in [0.2, 0.25) is 11.8 Å². The Morgan fingerprint density at radius 1 is 1.09 bits per heavy atom. The highest BCUT2D eigenvalue weighted by Crippen LogP contribution is 2.30. The smallest absolute Gasteiger partial charge is 0.331 e. The maximum atomic E-state index is 13.1. The second kappa shape index (κ2) is 9.48. The lowest BCUT2D eigenvalue weighted by Crippen LogP contribution is -2.41. The van der Waals surface area contributed by atoms with Gasteiger partial charge in [-0.05, 0) is 55.9 Å². The van der Waals surface area contributed by atoms with E-state index < -0.39 is 0 Å². The van der Waals surface area contributed by atoms with Crippen LogP contribution in [0, 0.1) is 11.8 Å². The number of methoxy groups -OCH3 is 2. The van der Waals surface area contributed by atoms with Gasteiger partial charge >= 0.3 is 5.69 Å². The van der Waals surface area contributed by atoms with Gasteiger partial charge in [0.25, 0.3) is 5.56 Å². The molecule has 0 spiro atoms. The Balaban J connectivity index is 1.45. The van der Waals surface area contributed by atoms with Crippen LogP contribution in [0.1, 0.15) is 25.7 Å². The van der Waals surface area contributed by atoms with Crippen LogP contribution in [0.4, 0.5) is 5.69 Å². The number of anilines is 1. The molecule has 0 bridgehead atoms.